The molecule has 0 spiro atoms. The van der Waals surface area contributed by atoms with Gasteiger partial charge in [0.05, 0.1) is 39.5 Å². The second-order valence-electron chi connectivity index (χ2n) is 10.4. The van der Waals surface area contributed by atoms with Gasteiger partial charge in [-0.1, -0.05) is 24.0 Å². The molecule has 3 aromatic rings. The molecule has 43 heavy (non-hydrogen) atoms. The standard InChI is InChI=1S/C31H33F4N5O2S/c1-19(2)40-13-10-20(11-14-40)39-25-8-5-7-21-23(17-31(33,34)35)28(43-29(21)25)9-6-12-38-26-16-24(32)22(30(41)37-4)15-27(26)42-18-36-3/h5,7-8,15-16,19-20,38-39H,10-14,17-18H2,1-2,4H3,(H,37,41). The molecule has 2 heterocycles. The first-order chi connectivity index (χ1) is 20.5. The molecule has 1 aliphatic heterocycles. The summed E-state index contributed by atoms with van der Waals surface area (Å²) < 4.78 is 61.6. The van der Waals surface area contributed by atoms with Gasteiger partial charge in [0.1, 0.15) is 5.82 Å². The van der Waals surface area contributed by atoms with Gasteiger partial charge in [-0.25, -0.2) is 11.0 Å². The first kappa shape index (κ1) is 31.9. The second-order valence-corrected chi connectivity index (χ2v) is 11.4. The third-order valence-corrected chi connectivity index (χ3v) is 8.41. The first-order valence-electron chi connectivity index (χ1n) is 13.9. The zero-order valence-corrected chi connectivity index (χ0v) is 24.9. The third-order valence-electron chi connectivity index (χ3n) is 7.21. The van der Waals surface area contributed by atoms with Gasteiger partial charge in [-0.2, -0.15) is 13.2 Å². The van der Waals surface area contributed by atoms with Crippen LogP contribution in [0.5, 0.6) is 5.75 Å². The molecule has 7 nitrogen and oxygen atoms in total. The summed E-state index contributed by atoms with van der Waals surface area (Å²) in [5.41, 5.74) is 0.828. The van der Waals surface area contributed by atoms with E-state index in [0.717, 1.165) is 42.4 Å². The van der Waals surface area contributed by atoms with E-state index in [1.807, 2.05) is 6.07 Å². The summed E-state index contributed by atoms with van der Waals surface area (Å²) in [4.78, 5) is 17.8. The first-order valence-corrected chi connectivity index (χ1v) is 14.7. The van der Waals surface area contributed by atoms with Crippen LogP contribution in [0.4, 0.5) is 28.9 Å². The topological polar surface area (TPSA) is 70.0 Å². The lowest BCUT2D eigenvalue weighted by Crippen LogP contribution is -2.42. The van der Waals surface area contributed by atoms with E-state index in [1.54, 1.807) is 12.1 Å². The number of alkyl halides is 3. The zero-order chi connectivity index (χ0) is 31.1. The van der Waals surface area contributed by atoms with Gasteiger partial charge in [0, 0.05) is 38.3 Å². The zero-order valence-electron chi connectivity index (χ0n) is 24.1. The minimum atomic E-state index is -4.42. The summed E-state index contributed by atoms with van der Waals surface area (Å²) >= 11 is 1.22. The molecule has 228 valence electrons. The van der Waals surface area contributed by atoms with Crippen molar-refractivity contribution in [3.63, 3.8) is 0 Å². The fraction of sp³-hybridized carbons (Fsp3) is 0.419. The summed E-state index contributed by atoms with van der Waals surface area (Å²) in [5, 5.41) is 9.31. The average molecular weight is 616 g/mol. The van der Waals surface area contributed by atoms with Crippen LogP contribution in [0.25, 0.3) is 14.9 Å². The molecule has 4 rings (SSSR count). The van der Waals surface area contributed by atoms with Gasteiger partial charge < -0.3 is 25.6 Å². The lowest BCUT2D eigenvalue weighted by molar-refractivity contribution is -0.126. The molecular weight excluding hydrogens is 582 g/mol. The fourth-order valence-corrected chi connectivity index (χ4v) is 6.20. The van der Waals surface area contributed by atoms with Gasteiger partial charge in [0.2, 0.25) is 0 Å². The molecule has 0 radical (unpaired) electrons. The maximum Gasteiger partial charge on any atom is 0.393 e. The highest BCUT2D eigenvalue weighted by molar-refractivity contribution is 7.20. The highest BCUT2D eigenvalue weighted by Crippen LogP contribution is 2.39. The maximum atomic E-state index is 14.6. The van der Waals surface area contributed by atoms with Crippen molar-refractivity contribution in [2.75, 3.05) is 44.0 Å². The summed E-state index contributed by atoms with van der Waals surface area (Å²) in [6, 6.07) is 8.29. The van der Waals surface area contributed by atoms with Crippen LogP contribution in [0, 0.1) is 24.2 Å². The Morgan fingerprint density at radius 1 is 1.23 bits per heavy atom. The maximum absolute atomic E-state index is 14.6. The Bertz CT molecular complexity index is 1560. The lowest BCUT2D eigenvalue weighted by Gasteiger charge is -2.35. The second kappa shape index (κ2) is 14.0. The number of carbonyl (C=O) groups is 1. The van der Waals surface area contributed by atoms with Crippen molar-refractivity contribution in [2.45, 2.75) is 51.4 Å². The quantitative estimate of drug-likeness (QED) is 0.146. The van der Waals surface area contributed by atoms with E-state index in [0.29, 0.717) is 16.3 Å². The van der Waals surface area contributed by atoms with Crippen molar-refractivity contribution >= 4 is 38.7 Å². The number of thiophene rings is 1. The molecule has 0 saturated carbocycles. The normalized spacial score (nSPS) is 14.2. The van der Waals surface area contributed by atoms with E-state index >= 15 is 0 Å². The number of ether oxygens (including phenoxy) is 1. The monoisotopic (exact) mass is 615 g/mol. The van der Waals surface area contributed by atoms with Gasteiger partial charge in [-0.3, -0.25) is 9.64 Å². The van der Waals surface area contributed by atoms with Crippen LogP contribution in [-0.2, 0) is 6.42 Å². The molecule has 1 aliphatic rings. The molecule has 1 saturated heterocycles. The number of hydrogen-bond acceptors (Lipinski definition) is 6. The minimum Gasteiger partial charge on any atom is -0.424 e. The molecule has 1 amide bonds. The van der Waals surface area contributed by atoms with E-state index in [-0.39, 0.29) is 41.9 Å². The number of carbonyl (C=O) groups excluding carboxylic acids is 1. The van der Waals surface area contributed by atoms with Gasteiger partial charge in [0.25, 0.3) is 5.91 Å². The van der Waals surface area contributed by atoms with E-state index in [9.17, 15) is 22.4 Å². The van der Waals surface area contributed by atoms with Crippen molar-refractivity contribution in [1.82, 2.24) is 10.2 Å². The number of nitrogens with one attached hydrogen (secondary N) is 3. The Morgan fingerprint density at radius 3 is 2.63 bits per heavy atom. The number of amides is 1. The SMILES string of the molecule is [C-]#[N+]COc1cc(C(=O)NC)c(F)cc1NCC#Cc1sc2c(NC3CCN(C(C)C)CC3)cccc2c1CC(F)(F)F. The summed E-state index contributed by atoms with van der Waals surface area (Å²) in [6.07, 6.45) is -3.64. The van der Waals surface area contributed by atoms with E-state index < -0.39 is 24.3 Å². The number of rotatable bonds is 9. The number of hydrogen-bond donors (Lipinski definition) is 3. The fourth-order valence-electron chi connectivity index (χ4n) is 5.03. The van der Waals surface area contributed by atoms with Crippen LogP contribution in [0.1, 0.15) is 47.5 Å². The Kier molecular flexibility index (Phi) is 10.4. The largest absolute Gasteiger partial charge is 0.424 e. The molecule has 12 heteroatoms. The number of halogens is 4. The van der Waals surface area contributed by atoms with Crippen LogP contribution in [0.15, 0.2) is 30.3 Å². The summed E-state index contributed by atoms with van der Waals surface area (Å²) in [7, 11) is 1.36. The van der Waals surface area contributed by atoms with Crippen molar-refractivity contribution < 1.29 is 27.1 Å². The highest BCUT2D eigenvalue weighted by atomic mass is 32.1. The van der Waals surface area contributed by atoms with Crippen LogP contribution in [0.3, 0.4) is 0 Å². The number of fused-ring (bicyclic) bond motifs is 1. The van der Waals surface area contributed by atoms with E-state index in [1.165, 1.54) is 24.5 Å². The van der Waals surface area contributed by atoms with E-state index in [2.05, 4.69) is 51.4 Å². The molecule has 0 atom stereocenters. The molecule has 0 aliphatic carbocycles. The van der Waals surface area contributed by atoms with Crippen molar-refractivity contribution in [3.05, 3.63) is 63.6 Å². The summed E-state index contributed by atoms with van der Waals surface area (Å²) in [5.74, 6) is 4.34. The molecule has 0 unspecified atom stereocenters. The van der Waals surface area contributed by atoms with Gasteiger partial charge in [0.15, 0.2) is 5.75 Å². The van der Waals surface area contributed by atoms with E-state index in [4.69, 9.17) is 11.3 Å². The molecule has 0 bridgehead atoms. The Balaban J connectivity index is 1.59. The van der Waals surface area contributed by atoms with Crippen molar-refractivity contribution in [2.24, 2.45) is 0 Å². The third kappa shape index (κ3) is 8.09. The number of likely N-dealkylation sites (tertiary alicyclic amines) is 1. The Morgan fingerprint density at radius 2 is 1.98 bits per heavy atom. The molecule has 2 aromatic carbocycles. The van der Waals surface area contributed by atoms with Gasteiger partial charge >= 0.3 is 12.9 Å². The molecule has 1 aromatic heterocycles. The predicted octanol–water partition coefficient (Wildman–Crippen LogP) is 6.51. The van der Waals surface area contributed by atoms with Crippen LogP contribution < -0.4 is 20.7 Å². The number of piperidine rings is 1. The Labute approximate surface area is 252 Å². The molecule has 1 fully saturated rings. The average Bonchev–Trinajstić information content (AvgIpc) is 3.31. The Hall–Kier alpha value is -4.00. The number of anilines is 2. The van der Waals surface area contributed by atoms with Crippen molar-refractivity contribution in [1.29, 1.82) is 0 Å². The van der Waals surface area contributed by atoms with Crippen LogP contribution in [0.2, 0.25) is 0 Å². The van der Waals surface area contributed by atoms with Crippen LogP contribution >= 0.6 is 11.3 Å². The van der Waals surface area contributed by atoms with Crippen molar-refractivity contribution in [3.8, 4) is 17.6 Å². The van der Waals surface area contributed by atoms with Crippen LogP contribution in [-0.4, -0.2) is 62.5 Å². The summed E-state index contributed by atoms with van der Waals surface area (Å²) in [6.45, 7) is 12.8. The van der Waals surface area contributed by atoms with Gasteiger partial charge in [-0.05, 0) is 49.8 Å². The molecule has 3 N–H and O–H groups in total. The highest BCUT2D eigenvalue weighted by Gasteiger charge is 2.31. The minimum absolute atomic E-state index is 0.0492. The lowest BCUT2D eigenvalue weighted by atomic mass is 10.0. The molecular formula is C31H33F4N5O2S. The smallest absolute Gasteiger partial charge is 0.393 e. The number of benzene rings is 2. The predicted molar refractivity (Wildman–Crippen MR) is 162 cm³/mol. The number of nitrogens with zero attached hydrogens (tertiary/aromatic N) is 2. The van der Waals surface area contributed by atoms with Gasteiger partial charge in [-0.15, -0.1) is 11.3 Å².